The molecule has 1 aliphatic carbocycles. The lowest BCUT2D eigenvalue weighted by atomic mass is 9.93. The number of urea groups is 1. The first-order valence-electron chi connectivity index (χ1n) is 7.41. The Morgan fingerprint density at radius 2 is 2.23 bits per heavy atom. The summed E-state index contributed by atoms with van der Waals surface area (Å²) < 4.78 is 5.40. The van der Waals surface area contributed by atoms with Gasteiger partial charge < -0.3 is 20.2 Å². The van der Waals surface area contributed by atoms with Gasteiger partial charge in [-0.05, 0) is 37.1 Å². The van der Waals surface area contributed by atoms with Gasteiger partial charge in [0.05, 0.1) is 23.2 Å². The second kappa shape index (κ2) is 6.93. The SMILES string of the molecule is O=C(NCc1coc(-c2cccs2)n1)NC1CCC(O)CC1. The van der Waals surface area contributed by atoms with Gasteiger partial charge in [-0.3, -0.25) is 0 Å². The minimum absolute atomic E-state index is 0.141. The Bertz CT molecular complexity index is 603. The van der Waals surface area contributed by atoms with Gasteiger partial charge >= 0.3 is 6.03 Å². The van der Waals surface area contributed by atoms with Crippen LogP contribution in [0.25, 0.3) is 10.8 Å². The summed E-state index contributed by atoms with van der Waals surface area (Å²) in [5.41, 5.74) is 0.692. The van der Waals surface area contributed by atoms with Gasteiger partial charge in [0.1, 0.15) is 6.26 Å². The number of hydrogen-bond donors (Lipinski definition) is 3. The fraction of sp³-hybridized carbons (Fsp3) is 0.467. The predicted molar refractivity (Wildman–Crippen MR) is 83.5 cm³/mol. The lowest BCUT2D eigenvalue weighted by molar-refractivity contribution is 0.117. The summed E-state index contributed by atoms with van der Waals surface area (Å²) in [7, 11) is 0. The third-order valence-corrected chi connectivity index (χ3v) is 4.60. The Labute approximate surface area is 132 Å². The predicted octanol–water partition coefficient (Wildman–Crippen LogP) is 2.51. The minimum Gasteiger partial charge on any atom is -0.443 e. The molecule has 0 atom stereocenters. The molecule has 7 heteroatoms. The fourth-order valence-corrected chi connectivity index (χ4v) is 3.18. The number of nitrogens with zero attached hydrogens (tertiary/aromatic N) is 1. The molecule has 22 heavy (non-hydrogen) atoms. The lowest BCUT2D eigenvalue weighted by Gasteiger charge is -2.26. The van der Waals surface area contributed by atoms with Crippen LogP contribution >= 0.6 is 11.3 Å². The van der Waals surface area contributed by atoms with E-state index < -0.39 is 0 Å². The number of rotatable bonds is 4. The Morgan fingerprint density at radius 1 is 1.41 bits per heavy atom. The van der Waals surface area contributed by atoms with Gasteiger partial charge in [-0.1, -0.05) is 6.07 Å². The molecule has 0 unspecified atom stereocenters. The number of aliphatic hydroxyl groups excluding tert-OH is 1. The molecule has 0 bridgehead atoms. The molecule has 1 aliphatic rings. The first-order chi connectivity index (χ1) is 10.7. The van der Waals surface area contributed by atoms with Crippen LogP contribution in [-0.4, -0.2) is 28.3 Å². The number of nitrogens with one attached hydrogen (secondary N) is 2. The Hall–Kier alpha value is -1.86. The van der Waals surface area contributed by atoms with Crippen LogP contribution in [0.15, 0.2) is 28.2 Å². The molecule has 2 aromatic rings. The molecule has 0 spiro atoms. The van der Waals surface area contributed by atoms with Gasteiger partial charge in [-0.25, -0.2) is 9.78 Å². The van der Waals surface area contributed by atoms with Crippen LogP contribution in [0.1, 0.15) is 31.4 Å². The third-order valence-electron chi connectivity index (χ3n) is 3.75. The number of aliphatic hydroxyl groups is 1. The fourth-order valence-electron chi connectivity index (χ4n) is 2.53. The summed E-state index contributed by atoms with van der Waals surface area (Å²) in [5.74, 6) is 0.577. The number of oxazole rings is 1. The van der Waals surface area contributed by atoms with Crippen molar-refractivity contribution in [1.29, 1.82) is 0 Å². The summed E-state index contributed by atoms with van der Waals surface area (Å²) in [6, 6.07) is 3.82. The van der Waals surface area contributed by atoms with Gasteiger partial charge in [-0.2, -0.15) is 0 Å². The summed E-state index contributed by atoms with van der Waals surface area (Å²) in [6.45, 7) is 0.329. The van der Waals surface area contributed by atoms with E-state index in [1.54, 1.807) is 17.6 Å². The molecule has 118 valence electrons. The van der Waals surface area contributed by atoms with Gasteiger partial charge in [0.15, 0.2) is 0 Å². The van der Waals surface area contributed by atoms with Crippen molar-refractivity contribution in [3.63, 3.8) is 0 Å². The molecule has 1 fully saturated rings. The van der Waals surface area contributed by atoms with E-state index in [1.807, 2.05) is 17.5 Å². The number of hydrogen-bond acceptors (Lipinski definition) is 5. The Balaban J connectivity index is 1.45. The van der Waals surface area contributed by atoms with Crippen molar-refractivity contribution in [3.8, 4) is 10.8 Å². The molecule has 2 aromatic heterocycles. The van der Waals surface area contributed by atoms with Crippen LogP contribution in [0.2, 0.25) is 0 Å². The molecule has 0 aromatic carbocycles. The monoisotopic (exact) mass is 321 g/mol. The van der Waals surface area contributed by atoms with Gasteiger partial charge in [0.2, 0.25) is 5.89 Å². The van der Waals surface area contributed by atoms with Crippen LogP contribution in [0.5, 0.6) is 0 Å². The average molecular weight is 321 g/mol. The molecule has 0 radical (unpaired) electrons. The smallest absolute Gasteiger partial charge is 0.315 e. The summed E-state index contributed by atoms with van der Waals surface area (Å²) >= 11 is 1.56. The Kier molecular flexibility index (Phi) is 4.74. The van der Waals surface area contributed by atoms with Crippen molar-refractivity contribution in [2.24, 2.45) is 0 Å². The molecule has 0 saturated heterocycles. The maximum atomic E-state index is 11.9. The molecular weight excluding hydrogens is 302 g/mol. The highest BCUT2D eigenvalue weighted by atomic mass is 32.1. The number of amides is 2. The number of thiophene rings is 1. The number of carbonyl (C=O) groups is 1. The third kappa shape index (κ3) is 3.86. The van der Waals surface area contributed by atoms with E-state index in [4.69, 9.17) is 4.42 Å². The largest absolute Gasteiger partial charge is 0.443 e. The van der Waals surface area contributed by atoms with E-state index in [9.17, 15) is 9.90 Å². The van der Waals surface area contributed by atoms with Crippen molar-refractivity contribution in [1.82, 2.24) is 15.6 Å². The highest BCUT2D eigenvalue weighted by Crippen LogP contribution is 2.23. The zero-order valence-corrected chi connectivity index (χ0v) is 12.9. The topological polar surface area (TPSA) is 87.4 Å². The molecule has 2 heterocycles. The second-order valence-electron chi connectivity index (χ2n) is 5.45. The van der Waals surface area contributed by atoms with Crippen molar-refractivity contribution in [2.75, 3.05) is 0 Å². The van der Waals surface area contributed by atoms with Crippen LogP contribution in [0.3, 0.4) is 0 Å². The molecule has 2 amide bonds. The van der Waals surface area contributed by atoms with Crippen LogP contribution in [0.4, 0.5) is 4.79 Å². The van der Waals surface area contributed by atoms with E-state index in [1.165, 1.54) is 0 Å². The zero-order chi connectivity index (χ0) is 15.4. The van der Waals surface area contributed by atoms with Crippen molar-refractivity contribution in [3.05, 3.63) is 29.5 Å². The molecule has 1 saturated carbocycles. The molecule has 3 rings (SSSR count). The normalized spacial score (nSPS) is 21.5. The standard InChI is InChI=1S/C15H19N3O3S/c19-12-5-3-10(4-6-12)18-15(20)16-8-11-9-21-14(17-11)13-2-1-7-22-13/h1-2,7,9-10,12,19H,3-6,8H2,(H2,16,18,20). The van der Waals surface area contributed by atoms with Crippen LogP contribution in [-0.2, 0) is 6.54 Å². The summed E-state index contributed by atoms with van der Waals surface area (Å²) in [6.07, 6.45) is 4.48. The lowest BCUT2D eigenvalue weighted by Crippen LogP contribution is -2.43. The maximum absolute atomic E-state index is 11.9. The highest BCUT2D eigenvalue weighted by Gasteiger charge is 2.20. The van der Waals surface area contributed by atoms with Crippen molar-refractivity contribution >= 4 is 17.4 Å². The zero-order valence-electron chi connectivity index (χ0n) is 12.1. The van der Waals surface area contributed by atoms with E-state index in [0.717, 1.165) is 30.6 Å². The van der Waals surface area contributed by atoms with E-state index >= 15 is 0 Å². The molecule has 6 nitrogen and oxygen atoms in total. The quantitative estimate of drug-likeness (QED) is 0.807. The average Bonchev–Trinajstić information content (AvgIpc) is 3.18. The molecular formula is C15H19N3O3S. The Morgan fingerprint density at radius 3 is 2.95 bits per heavy atom. The summed E-state index contributed by atoms with van der Waals surface area (Å²) in [4.78, 5) is 17.2. The van der Waals surface area contributed by atoms with Gasteiger partial charge in [0.25, 0.3) is 0 Å². The van der Waals surface area contributed by atoms with Crippen molar-refractivity contribution < 1.29 is 14.3 Å². The van der Waals surface area contributed by atoms with E-state index in [-0.39, 0.29) is 18.2 Å². The first kappa shape index (κ1) is 15.1. The maximum Gasteiger partial charge on any atom is 0.315 e. The van der Waals surface area contributed by atoms with Crippen molar-refractivity contribution in [2.45, 2.75) is 44.4 Å². The van der Waals surface area contributed by atoms with Gasteiger partial charge in [-0.15, -0.1) is 11.3 Å². The number of aromatic nitrogens is 1. The molecule has 0 aliphatic heterocycles. The summed E-state index contributed by atoms with van der Waals surface area (Å²) in [5, 5.41) is 17.1. The highest BCUT2D eigenvalue weighted by molar-refractivity contribution is 7.13. The van der Waals surface area contributed by atoms with Crippen LogP contribution in [0, 0.1) is 0 Å². The minimum atomic E-state index is -0.216. The van der Waals surface area contributed by atoms with E-state index in [2.05, 4.69) is 15.6 Å². The second-order valence-corrected chi connectivity index (χ2v) is 6.40. The first-order valence-corrected chi connectivity index (χ1v) is 8.29. The number of carbonyl (C=O) groups excluding carboxylic acids is 1. The van der Waals surface area contributed by atoms with Crippen LogP contribution < -0.4 is 10.6 Å². The van der Waals surface area contributed by atoms with Gasteiger partial charge in [0, 0.05) is 6.04 Å². The van der Waals surface area contributed by atoms with E-state index in [0.29, 0.717) is 18.1 Å². The molecule has 3 N–H and O–H groups in total.